The Morgan fingerprint density at radius 3 is 2.58 bits per heavy atom. The van der Waals surface area contributed by atoms with E-state index in [0.717, 1.165) is 12.1 Å². The number of para-hydroxylation sites is 1. The highest BCUT2D eigenvalue weighted by Crippen LogP contribution is 2.35. The Morgan fingerprint density at radius 1 is 1.12 bits per heavy atom. The number of aromatic hydroxyl groups is 1. The average Bonchev–Trinajstić information content (AvgIpc) is 3.05. The SMILES string of the molecule is O=C1C(c2[nH]c3ccc(S(=O)(=O)[O-])cc3c2O)=Nc2ccccc21. The predicted octanol–water partition coefficient (Wildman–Crippen LogP) is 2.09. The molecule has 0 spiro atoms. The zero-order valence-corrected chi connectivity index (χ0v) is 12.8. The van der Waals surface area contributed by atoms with Gasteiger partial charge in [0, 0.05) is 16.5 Å². The third-order valence-corrected chi connectivity index (χ3v) is 4.70. The number of rotatable bonds is 2. The first kappa shape index (κ1) is 14.6. The molecule has 8 heteroatoms. The lowest BCUT2D eigenvalue weighted by molar-refractivity contribution is 0.106. The quantitative estimate of drug-likeness (QED) is 0.691. The molecule has 2 N–H and O–H groups in total. The molecule has 0 atom stereocenters. The van der Waals surface area contributed by atoms with Gasteiger partial charge in [-0.25, -0.2) is 13.4 Å². The Balaban J connectivity index is 1.91. The first-order chi connectivity index (χ1) is 11.4. The normalized spacial score (nSPS) is 14.0. The summed E-state index contributed by atoms with van der Waals surface area (Å²) >= 11 is 0. The third-order valence-electron chi connectivity index (χ3n) is 3.86. The summed E-state index contributed by atoms with van der Waals surface area (Å²) in [6.45, 7) is 0. The van der Waals surface area contributed by atoms with Crippen LogP contribution in [0.2, 0.25) is 0 Å². The largest absolute Gasteiger partial charge is 0.744 e. The van der Waals surface area contributed by atoms with E-state index >= 15 is 0 Å². The van der Waals surface area contributed by atoms with E-state index in [2.05, 4.69) is 9.98 Å². The van der Waals surface area contributed by atoms with E-state index in [1.54, 1.807) is 24.3 Å². The number of aromatic amines is 1. The van der Waals surface area contributed by atoms with Crippen LogP contribution in [-0.4, -0.2) is 34.6 Å². The van der Waals surface area contributed by atoms with Gasteiger partial charge in [0.25, 0.3) is 0 Å². The van der Waals surface area contributed by atoms with Gasteiger partial charge in [-0.3, -0.25) is 4.79 Å². The van der Waals surface area contributed by atoms with Crippen molar-refractivity contribution in [1.82, 2.24) is 4.98 Å². The summed E-state index contributed by atoms with van der Waals surface area (Å²) in [4.78, 5) is 19.1. The second-order valence-electron chi connectivity index (χ2n) is 5.32. The van der Waals surface area contributed by atoms with Gasteiger partial charge in [0.2, 0.25) is 5.78 Å². The second-order valence-corrected chi connectivity index (χ2v) is 6.70. The molecular formula is C16H9N2O5S-. The maximum Gasteiger partial charge on any atom is 0.215 e. The number of fused-ring (bicyclic) bond motifs is 2. The van der Waals surface area contributed by atoms with E-state index in [-0.39, 0.29) is 28.3 Å². The molecule has 0 bridgehead atoms. The fourth-order valence-corrected chi connectivity index (χ4v) is 3.21. The van der Waals surface area contributed by atoms with Crippen molar-refractivity contribution in [3.05, 3.63) is 53.7 Å². The summed E-state index contributed by atoms with van der Waals surface area (Å²) < 4.78 is 33.4. The van der Waals surface area contributed by atoms with Gasteiger partial charge in [0.15, 0.2) is 5.75 Å². The minimum Gasteiger partial charge on any atom is -0.744 e. The number of carbonyl (C=O) groups is 1. The maximum atomic E-state index is 12.4. The Hall–Kier alpha value is -2.97. The number of benzene rings is 2. The molecule has 0 fully saturated rings. The van der Waals surface area contributed by atoms with Crippen LogP contribution in [0.25, 0.3) is 10.9 Å². The van der Waals surface area contributed by atoms with Gasteiger partial charge in [0.1, 0.15) is 21.5 Å². The van der Waals surface area contributed by atoms with E-state index in [9.17, 15) is 22.9 Å². The predicted molar refractivity (Wildman–Crippen MR) is 84.9 cm³/mol. The monoisotopic (exact) mass is 341 g/mol. The summed E-state index contributed by atoms with van der Waals surface area (Å²) in [5.74, 6) is -0.667. The fourth-order valence-electron chi connectivity index (χ4n) is 2.72. The molecule has 0 saturated carbocycles. The topological polar surface area (TPSA) is 123 Å². The molecule has 24 heavy (non-hydrogen) atoms. The van der Waals surface area contributed by atoms with E-state index in [0.29, 0.717) is 16.8 Å². The van der Waals surface area contributed by atoms with Gasteiger partial charge in [0.05, 0.1) is 10.6 Å². The molecule has 0 saturated heterocycles. The molecule has 2 aromatic carbocycles. The molecule has 7 nitrogen and oxygen atoms in total. The van der Waals surface area contributed by atoms with Crippen LogP contribution in [0.1, 0.15) is 16.1 Å². The summed E-state index contributed by atoms with van der Waals surface area (Å²) in [7, 11) is -4.65. The van der Waals surface area contributed by atoms with Gasteiger partial charge in [-0.1, -0.05) is 12.1 Å². The van der Waals surface area contributed by atoms with Crippen molar-refractivity contribution >= 4 is 38.2 Å². The highest BCUT2D eigenvalue weighted by molar-refractivity contribution is 7.85. The molecule has 0 unspecified atom stereocenters. The number of nitrogens with one attached hydrogen (secondary N) is 1. The molecule has 1 aliphatic heterocycles. The van der Waals surface area contributed by atoms with Crippen LogP contribution in [-0.2, 0) is 10.1 Å². The zero-order chi connectivity index (χ0) is 17.1. The van der Waals surface area contributed by atoms with Gasteiger partial charge in [-0.15, -0.1) is 0 Å². The molecule has 120 valence electrons. The third kappa shape index (κ3) is 2.04. The number of H-pyrrole nitrogens is 1. The van der Waals surface area contributed by atoms with Gasteiger partial charge >= 0.3 is 0 Å². The van der Waals surface area contributed by atoms with E-state index < -0.39 is 15.0 Å². The lowest BCUT2D eigenvalue weighted by Gasteiger charge is -2.06. The summed E-state index contributed by atoms with van der Waals surface area (Å²) in [6.07, 6.45) is 0. The fraction of sp³-hybridized carbons (Fsp3) is 0. The van der Waals surface area contributed by atoms with Crippen molar-refractivity contribution in [2.24, 2.45) is 4.99 Å². The number of aliphatic imine (C=N–C) groups is 1. The Labute approximate surface area is 136 Å². The van der Waals surface area contributed by atoms with E-state index in [4.69, 9.17) is 0 Å². The number of hydrogen-bond donors (Lipinski definition) is 2. The number of hydrogen-bond acceptors (Lipinski definition) is 6. The van der Waals surface area contributed by atoms with Crippen LogP contribution >= 0.6 is 0 Å². The summed E-state index contributed by atoms with van der Waals surface area (Å²) in [5.41, 5.74) is 1.44. The van der Waals surface area contributed by atoms with E-state index in [1.807, 2.05) is 0 Å². The Morgan fingerprint density at radius 2 is 1.88 bits per heavy atom. The molecule has 3 aromatic rings. The van der Waals surface area contributed by atoms with Gasteiger partial charge in [-0.05, 0) is 30.3 Å². The Kier molecular flexibility index (Phi) is 2.90. The number of nitrogens with zero attached hydrogens (tertiary/aromatic N) is 1. The van der Waals surface area contributed by atoms with Crippen LogP contribution in [0.4, 0.5) is 5.69 Å². The zero-order valence-electron chi connectivity index (χ0n) is 12.0. The van der Waals surface area contributed by atoms with Crippen molar-refractivity contribution in [2.75, 3.05) is 0 Å². The van der Waals surface area contributed by atoms with Gasteiger partial charge in [-0.2, -0.15) is 0 Å². The minimum absolute atomic E-state index is 0.0384. The number of aromatic nitrogens is 1. The van der Waals surface area contributed by atoms with Crippen LogP contribution in [0, 0.1) is 0 Å². The summed E-state index contributed by atoms with van der Waals surface area (Å²) in [6, 6.07) is 10.3. The number of ketones is 1. The van der Waals surface area contributed by atoms with Crippen molar-refractivity contribution in [3.63, 3.8) is 0 Å². The smallest absolute Gasteiger partial charge is 0.215 e. The molecule has 0 aliphatic carbocycles. The summed E-state index contributed by atoms with van der Waals surface area (Å²) in [5, 5.41) is 10.5. The lowest BCUT2D eigenvalue weighted by Crippen LogP contribution is -2.11. The highest BCUT2D eigenvalue weighted by Gasteiger charge is 2.29. The molecule has 2 heterocycles. The molecule has 1 aromatic heterocycles. The number of carbonyl (C=O) groups excluding carboxylic acids is 1. The minimum atomic E-state index is -4.65. The van der Waals surface area contributed by atoms with Crippen LogP contribution in [0.5, 0.6) is 5.75 Å². The molecule has 0 amide bonds. The van der Waals surface area contributed by atoms with Crippen LogP contribution in [0.15, 0.2) is 52.4 Å². The average molecular weight is 341 g/mol. The van der Waals surface area contributed by atoms with E-state index in [1.165, 1.54) is 6.07 Å². The van der Waals surface area contributed by atoms with Crippen molar-refractivity contribution in [2.45, 2.75) is 4.90 Å². The first-order valence-corrected chi connectivity index (χ1v) is 8.30. The molecule has 1 aliphatic rings. The number of Topliss-reactive ketones (excluding diaryl/α,β-unsaturated/α-hetero) is 1. The highest BCUT2D eigenvalue weighted by atomic mass is 32.2. The maximum absolute atomic E-state index is 12.4. The second kappa shape index (κ2) is 4.76. The first-order valence-electron chi connectivity index (χ1n) is 6.89. The molecule has 0 radical (unpaired) electrons. The molecular weight excluding hydrogens is 332 g/mol. The Bertz CT molecular complexity index is 1160. The van der Waals surface area contributed by atoms with Crippen LogP contribution in [0.3, 0.4) is 0 Å². The van der Waals surface area contributed by atoms with Crippen LogP contribution < -0.4 is 0 Å². The van der Waals surface area contributed by atoms with Crippen molar-refractivity contribution < 1.29 is 22.9 Å². The standard InChI is InChI=1S/C16H10N2O5S/c19-15-9-3-1-2-4-11(9)17-13(15)14-16(20)10-7-8(24(21,22)23)5-6-12(10)18-14/h1-7,18,20H,(H,21,22,23)/p-1. The lowest BCUT2D eigenvalue weighted by atomic mass is 10.1. The molecule has 4 rings (SSSR count). The van der Waals surface area contributed by atoms with Gasteiger partial charge < -0.3 is 14.6 Å². The van der Waals surface area contributed by atoms with Crippen molar-refractivity contribution in [1.29, 1.82) is 0 Å². The van der Waals surface area contributed by atoms with Crippen molar-refractivity contribution in [3.8, 4) is 5.75 Å².